The summed E-state index contributed by atoms with van der Waals surface area (Å²) in [6.07, 6.45) is 1.51. The first kappa shape index (κ1) is 26.9. The Labute approximate surface area is 199 Å². The molecule has 0 unspecified atom stereocenters. The minimum atomic E-state index is -2.89. The number of ether oxygens (including phenoxy) is 2. The zero-order valence-electron chi connectivity index (χ0n) is 18.5. The maximum atomic E-state index is 12.6. The molecule has 0 saturated carbocycles. The van der Waals surface area contributed by atoms with Gasteiger partial charge in [0, 0.05) is 31.9 Å². The summed E-state index contributed by atoms with van der Waals surface area (Å²) in [5.74, 6) is 1.04. The van der Waals surface area contributed by atoms with Gasteiger partial charge in [-0.25, -0.2) is 0 Å². The van der Waals surface area contributed by atoms with E-state index in [0.29, 0.717) is 19.5 Å². The minimum Gasteiger partial charge on any atom is -0.493 e. The minimum absolute atomic E-state index is 0. The van der Waals surface area contributed by atoms with Crippen molar-refractivity contribution in [3.05, 3.63) is 41.2 Å². The topological polar surface area (TPSA) is 72.7 Å². The predicted molar refractivity (Wildman–Crippen MR) is 129 cm³/mol. The first-order chi connectivity index (χ1) is 14.4. The van der Waals surface area contributed by atoms with Crippen LogP contribution < -0.4 is 20.1 Å². The number of hydrogen-bond donors (Lipinski definition) is 2. The number of nitrogens with one attached hydrogen (secondary N) is 2. The molecule has 7 nitrogen and oxygen atoms in total. The highest BCUT2D eigenvalue weighted by Crippen LogP contribution is 2.29. The van der Waals surface area contributed by atoms with Crippen LogP contribution in [0, 0.1) is 13.8 Å². The summed E-state index contributed by atoms with van der Waals surface area (Å²) in [6.45, 7) is 5.98. The number of aliphatic imine (C=N–C) groups is 1. The Bertz CT molecular complexity index is 830. The zero-order chi connectivity index (χ0) is 21.9. The summed E-state index contributed by atoms with van der Waals surface area (Å²) in [4.78, 5) is 4.59. The fraction of sp³-hybridized carbons (Fsp3) is 0.524. The molecule has 2 N–H and O–H groups in total. The molecule has 174 valence electrons. The van der Waals surface area contributed by atoms with E-state index in [1.165, 1.54) is 7.11 Å². The van der Waals surface area contributed by atoms with Crippen LogP contribution in [0.5, 0.6) is 11.5 Å². The molecule has 0 bridgehead atoms. The smallest absolute Gasteiger partial charge is 0.387 e. The van der Waals surface area contributed by atoms with Gasteiger partial charge in [-0.05, 0) is 57.4 Å². The van der Waals surface area contributed by atoms with E-state index in [1.807, 2.05) is 31.5 Å². The second kappa shape index (κ2) is 14.0. The molecule has 2 rings (SSSR count). The van der Waals surface area contributed by atoms with Gasteiger partial charge in [0.05, 0.1) is 12.8 Å². The van der Waals surface area contributed by atoms with Gasteiger partial charge < -0.3 is 20.1 Å². The van der Waals surface area contributed by atoms with Gasteiger partial charge in [0.15, 0.2) is 17.5 Å². The highest BCUT2D eigenvalue weighted by Gasteiger charge is 2.11. The van der Waals surface area contributed by atoms with Crippen LogP contribution in [-0.2, 0) is 13.0 Å². The molecular formula is C21H32F2IN5O2. The average Bonchev–Trinajstić information content (AvgIpc) is 3.02. The van der Waals surface area contributed by atoms with Gasteiger partial charge in [-0.2, -0.15) is 13.9 Å². The molecule has 0 radical (unpaired) electrons. The Morgan fingerprint density at radius 2 is 1.97 bits per heavy atom. The molecule has 0 atom stereocenters. The number of methoxy groups -OCH3 is 1. The molecule has 2 aromatic rings. The lowest BCUT2D eigenvalue weighted by Crippen LogP contribution is -2.38. The Morgan fingerprint density at radius 3 is 2.58 bits per heavy atom. The molecule has 31 heavy (non-hydrogen) atoms. The third-order valence-electron chi connectivity index (χ3n) is 4.40. The summed E-state index contributed by atoms with van der Waals surface area (Å²) < 4.78 is 36.7. The maximum Gasteiger partial charge on any atom is 0.387 e. The van der Waals surface area contributed by atoms with Crippen molar-refractivity contribution in [1.82, 2.24) is 20.4 Å². The molecular weight excluding hydrogens is 519 g/mol. The number of hydrogen-bond acceptors (Lipinski definition) is 4. The molecule has 1 aromatic heterocycles. The first-order valence-electron chi connectivity index (χ1n) is 10.1. The Balaban J connectivity index is 0.00000480. The van der Waals surface area contributed by atoms with Crippen molar-refractivity contribution in [3.63, 3.8) is 0 Å². The fourth-order valence-electron chi connectivity index (χ4n) is 3.04. The van der Waals surface area contributed by atoms with Crippen LogP contribution in [0.2, 0.25) is 0 Å². The van der Waals surface area contributed by atoms with Gasteiger partial charge >= 0.3 is 6.61 Å². The van der Waals surface area contributed by atoms with Gasteiger partial charge in [0.2, 0.25) is 0 Å². The van der Waals surface area contributed by atoms with Crippen molar-refractivity contribution >= 4 is 29.9 Å². The molecule has 0 aliphatic carbocycles. The monoisotopic (exact) mass is 551 g/mol. The highest BCUT2D eigenvalue weighted by molar-refractivity contribution is 14.0. The van der Waals surface area contributed by atoms with Crippen LogP contribution in [0.4, 0.5) is 8.78 Å². The third-order valence-corrected chi connectivity index (χ3v) is 4.40. The summed E-state index contributed by atoms with van der Waals surface area (Å²) in [6, 6.07) is 7.10. The number of alkyl halides is 2. The number of nitrogens with zero attached hydrogens (tertiary/aromatic N) is 3. The second-order valence-electron chi connectivity index (χ2n) is 6.80. The third kappa shape index (κ3) is 9.28. The summed E-state index contributed by atoms with van der Waals surface area (Å²) in [5, 5.41) is 10.9. The van der Waals surface area contributed by atoms with E-state index >= 15 is 0 Å². The van der Waals surface area contributed by atoms with E-state index < -0.39 is 6.61 Å². The maximum absolute atomic E-state index is 12.6. The van der Waals surface area contributed by atoms with Crippen molar-refractivity contribution in [2.24, 2.45) is 4.99 Å². The second-order valence-corrected chi connectivity index (χ2v) is 6.80. The van der Waals surface area contributed by atoms with Crippen molar-refractivity contribution in [2.75, 3.05) is 26.7 Å². The molecule has 1 heterocycles. The van der Waals surface area contributed by atoms with Crippen molar-refractivity contribution in [3.8, 4) is 11.5 Å². The molecule has 0 spiro atoms. The number of benzene rings is 1. The summed E-state index contributed by atoms with van der Waals surface area (Å²) >= 11 is 0. The normalized spacial score (nSPS) is 11.3. The largest absolute Gasteiger partial charge is 0.493 e. The Hall–Kier alpha value is -2.11. The van der Waals surface area contributed by atoms with Gasteiger partial charge in [-0.3, -0.25) is 9.67 Å². The fourth-order valence-corrected chi connectivity index (χ4v) is 3.04. The number of guanidine groups is 1. The summed E-state index contributed by atoms with van der Waals surface area (Å²) in [7, 11) is 1.42. The zero-order valence-corrected chi connectivity index (χ0v) is 20.8. The van der Waals surface area contributed by atoms with E-state index in [1.54, 1.807) is 12.1 Å². The molecule has 0 aliphatic rings. The van der Waals surface area contributed by atoms with Crippen LogP contribution in [-0.4, -0.2) is 49.1 Å². The molecule has 0 saturated heterocycles. The van der Waals surface area contributed by atoms with Gasteiger partial charge in [-0.1, -0.05) is 6.07 Å². The molecule has 0 aliphatic heterocycles. The van der Waals surface area contributed by atoms with E-state index in [2.05, 4.69) is 31.5 Å². The molecule has 0 fully saturated rings. The SMILES string of the molecule is CCNC(=NCCCn1nc(C)cc1C)NCCc1ccc(OC)c(OC(F)F)c1.I. The van der Waals surface area contributed by atoms with Crippen molar-refractivity contribution in [2.45, 2.75) is 46.8 Å². The van der Waals surface area contributed by atoms with Gasteiger partial charge in [0.1, 0.15) is 0 Å². The van der Waals surface area contributed by atoms with E-state index in [9.17, 15) is 8.78 Å². The van der Waals surface area contributed by atoms with Crippen LogP contribution in [0.15, 0.2) is 29.3 Å². The van der Waals surface area contributed by atoms with Crippen molar-refractivity contribution < 1.29 is 18.3 Å². The summed E-state index contributed by atoms with van der Waals surface area (Å²) in [5.41, 5.74) is 3.03. The Morgan fingerprint density at radius 1 is 1.19 bits per heavy atom. The quantitative estimate of drug-likeness (QED) is 0.192. The molecule has 1 aromatic carbocycles. The van der Waals surface area contributed by atoms with Gasteiger partial charge in [0.25, 0.3) is 0 Å². The number of aromatic nitrogens is 2. The molecule has 0 amide bonds. The molecule has 10 heteroatoms. The number of aryl methyl sites for hydroxylation is 3. The van der Waals surface area contributed by atoms with Crippen LogP contribution in [0.25, 0.3) is 0 Å². The van der Waals surface area contributed by atoms with E-state index in [-0.39, 0.29) is 35.5 Å². The van der Waals surface area contributed by atoms with Gasteiger partial charge in [-0.15, -0.1) is 24.0 Å². The first-order valence-corrected chi connectivity index (χ1v) is 10.1. The lowest BCUT2D eigenvalue weighted by molar-refractivity contribution is -0.0512. The lowest BCUT2D eigenvalue weighted by atomic mass is 10.1. The van der Waals surface area contributed by atoms with E-state index in [4.69, 9.17) is 4.74 Å². The lowest BCUT2D eigenvalue weighted by Gasteiger charge is -2.13. The average molecular weight is 551 g/mol. The Kier molecular flexibility index (Phi) is 12.2. The number of rotatable bonds is 11. The van der Waals surface area contributed by atoms with Crippen LogP contribution in [0.3, 0.4) is 0 Å². The number of halogens is 3. The standard InChI is InChI=1S/C21H31F2N5O2.HI/c1-5-24-21(25-10-6-12-28-16(3)13-15(2)27-28)26-11-9-17-7-8-18(29-4)19(14-17)30-20(22)23;/h7-8,13-14,20H,5-6,9-12H2,1-4H3,(H2,24,25,26);1H. The predicted octanol–water partition coefficient (Wildman–Crippen LogP) is 3.92. The van der Waals surface area contributed by atoms with Crippen LogP contribution >= 0.6 is 24.0 Å². The van der Waals surface area contributed by atoms with E-state index in [0.717, 1.165) is 42.4 Å². The van der Waals surface area contributed by atoms with Crippen molar-refractivity contribution in [1.29, 1.82) is 0 Å². The highest BCUT2D eigenvalue weighted by atomic mass is 127. The van der Waals surface area contributed by atoms with Crippen LogP contribution in [0.1, 0.15) is 30.3 Å².